The highest BCUT2D eigenvalue weighted by molar-refractivity contribution is 8.22. The fraction of sp³-hybridized carbons (Fsp3) is 0.842. The van der Waals surface area contributed by atoms with Crippen LogP contribution >= 0.6 is 24.0 Å². The fourth-order valence-corrected chi connectivity index (χ4v) is 3.92. The Hall–Kier alpha value is -0.820. The second kappa shape index (κ2) is 17.6. The third-order valence-corrected chi connectivity index (χ3v) is 5.78. The minimum absolute atomic E-state index is 0.0292. The maximum Gasteiger partial charge on any atom is 0.305 e. The molecule has 0 aromatic heterocycles. The molecule has 2 N–H and O–H groups in total. The van der Waals surface area contributed by atoms with Crippen molar-refractivity contribution in [1.82, 2.24) is 4.90 Å². The van der Waals surface area contributed by atoms with Crippen molar-refractivity contribution in [3.05, 3.63) is 0 Å². The highest BCUT2D eigenvalue weighted by Gasteiger charge is 2.13. The summed E-state index contributed by atoms with van der Waals surface area (Å²) in [7, 11) is 0. The van der Waals surface area contributed by atoms with Crippen LogP contribution in [-0.4, -0.2) is 50.2 Å². The lowest BCUT2D eigenvalue weighted by atomic mass is 10.1. The Bertz CT molecular complexity index is 387. The van der Waals surface area contributed by atoms with Crippen molar-refractivity contribution in [3.63, 3.8) is 0 Å². The molecular formula is C19H35NO4S2. The highest BCUT2D eigenvalue weighted by atomic mass is 32.2. The van der Waals surface area contributed by atoms with E-state index < -0.39 is 11.9 Å². The lowest BCUT2D eigenvalue weighted by Crippen LogP contribution is -2.32. The quantitative estimate of drug-likeness (QED) is 0.255. The summed E-state index contributed by atoms with van der Waals surface area (Å²) in [5.74, 6) is -0.882. The second-order valence-electron chi connectivity index (χ2n) is 6.57. The molecule has 0 bridgehead atoms. The molecule has 0 rings (SSSR count). The van der Waals surface area contributed by atoms with E-state index in [4.69, 9.17) is 22.4 Å². The van der Waals surface area contributed by atoms with Gasteiger partial charge in [0.15, 0.2) is 0 Å². The first-order valence-corrected chi connectivity index (χ1v) is 11.2. The number of carboxylic acids is 2. The van der Waals surface area contributed by atoms with E-state index >= 15 is 0 Å². The van der Waals surface area contributed by atoms with Crippen molar-refractivity contribution in [2.24, 2.45) is 0 Å². The molecule has 0 saturated heterocycles. The van der Waals surface area contributed by atoms with E-state index in [2.05, 4.69) is 6.92 Å². The summed E-state index contributed by atoms with van der Waals surface area (Å²) >= 11 is 6.89. The third-order valence-electron chi connectivity index (χ3n) is 4.17. The van der Waals surface area contributed by atoms with Crippen LogP contribution in [0.1, 0.15) is 84.0 Å². The van der Waals surface area contributed by atoms with Gasteiger partial charge in [0.05, 0.1) is 12.8 Å². The molecule has 0 aliphatic heterocycles. The molecule has 0 saturated carbocycles. The van der Waals surface area contributed by atoms with Crippen molar-refractivity contribution in [1.29, 1.82) is 0 Å². The number of unbranched alkanes of at least 4 members (excludes halogenated alkanes) is 9. The zero-order chi connectivity index (χ0) is 19.6. The topological polar surface area (TPSA) is 77.8 Å². The van der Waals surface area contributed by atoms with Crippen molar-refractivity contribution in [2.45, 2.75) is 84.0 Å². The van der Waals surface area contributed by atoms with Gasteiger partial charge in [0.25, 0.3) is 0 Å². The second-order valence-corrected chi connectivity index (χ2v) is 8.30. The first-order chi connectivity index (χ1) is 12.5. The van der Waals surface area contributed by atoms with Gasteiger partial charge in [0.1, 0.15) is 4.32 Å². The van der Waals surface area contributed by atoms with Crippen LogP contribution in [0.5, 0.6) is 0 Å². The normalized spacial score (nSPS) is 10.7. The SMILES string of the molecule is CCCCCCCCCCCCSC(=S)N(CCC(=O)O)CCC(=O)O. The van der Waals surface area contributed by atoms with Crippen LogP contribution < -0.4 is 0 Å². The van der Waals surface area contributed by atoms with Crippen LogP contribution in [0.25, 0.3) is 0 Å². The molecule has 26 heavy (non-hydrogen) atoms. The van der Waals surface area contributed by atoms with Crippen LogP contribution in [0.4, 0.5) is 0 Å². The van der Waals surface area contributed by atoms with Crippen molar-refractivity contribution < 1.29 is 19.8 Å². The van der Waals surface area contributed by atoms with E-state index in [0.717, 1.165) is 12.2 Å². The van der Waals surface area contributed by atoms with Crippen molar-refractivity contribution >= 4 is 40.2 Å². The van der Waals surface area contributed by atoms with Crippen LogP contribution in [-0.2, 0) is 9.59 Å². The molecule has 0 aliphatic carbocycles. The number of hydrogen-bond acceptors (Lipinski definition) is 4. The summed E-state index contributed by atoms with van der Waals surface area (Å²) in [4.78, 5) is 23.2. The maximum atomic E-state index is 10.7. The molecule has 0 aromatic carbocycles. The molecule has 0 atom stereocenters. The highest BCUT2D eigenvalue weighted by Crippen LogP contribution is 2.15. The Morgan fingerprint density at radius 2 is 1.23 bits per heavy atom. The standard InChI is InChI=1S/C19H35NO4S2/c1-2-3-4-5-6-7-8-9-10-11-16-26-19(25)20(14-12-17(21)22)15-13-18(23)24/h2-16H2,1H3,(H,21,22)(H,23,24). The van der Waals surface area contributed by atoms with E-state index in [1.807, 2.05) is 0 Å². The lowest BCUT2D eigenvalue weighted by molar-refractivity contribution is -0.137. The number of carbonyl (C=O) groups is 2. The van der Waals surface area contributed by atoms with Gasteiger partial charge in [-0.25, -0.2) is 0 Å². The zero-order valence-corrected chi connectivity index (χ0v) is 17.7. The van der Waals surface area contributed by atoms with Gasteiger partial charge in [-0.15, -0.1) is 0 Å². The maximum absolute atomic E-state index is 10.7. The summed E-state index contributed by atoms with van der Waals surface area (Å²) < 4.78 is 0.614. The lowest BCUT2D eigenvalue weighted by Gasteiger charge is -2.23. The molecule has 5 nitrogen and oxygen atoms in total. The zero-order valence-electron chi connectivity index (χ0n) is 16.1. The van der Waals surface area contributed by atoms with Crippen molar-refractivity contribution in [2.75, 3.05) is 18.8 Å². The Morgan fingerprint density at radius 1 is 0.808 bits per heavy atom. The van der Waals surface area contributed by atoms with Crippen molar-refractivity contribution in [3.8, 4) is 0 Å². The number of thioether (sulfide) groups is 1. The molecule has 152 valence electrons. The number of thiocarbonyl (C=S) groups is 1. The Labute approximate surface area is 167 Å². The van der Waals surface area contributed by atoms with Crippen LogP contribution in [0, 0.1) is 0 Å². The summed E-state index contributed by atoms with van der Waals surface area (Å²) in [6, 6.07) is 0. The Morgan fingerprint density at radius 3 is 1.65 bits per heavy atom. The first kappa shape index (κ1) is 25.2. The Kier molecular flexibility index (Phi) is 17.0. The monoisotopic (exact) mass is 405 g/mol. The fourth-order valence-electron chi connectivity index (χ4n) is 2.60. The van der Waals surface area contributed by atoms with Gasteiger partial charge in [-0.2, -0.15) is 0 Å². The van der Waals surface area contributed by atoms with Gasteiger partial charge in [-0.05, 0) is 6.42 Å². The number of hydrogen-bond donors (Lipinski definition) is 2. The summed E-state index contributed by atoms with van der Waals surface area (Å²) in [5, 5.41) is 17.6. The molecular weight excluding hydrogens is 370 g/mol. The van der Waals surface area contributed by atoms with Gasteiger partial charge in [0, 0.05) is 18.8 Å². The molecule has 0 spiro atoms. The Balaban J connectivity index is 3.76. The van der Waals surface area contributed by atoms with Crippen LogP contribution in [0.15, 0.2) is 0 Å². The summed E-state index contributed by atoms with van der Waals surface area (Å²) in [6.07, 6.45) is 12.8. The van der Waals surface area contributed by atoms with Gasteiger partial charge < -0.3 is 15.1 Å². The molecule has 0 aliphatic rings. The molecule has 0 heterocycles. The molecule has 7 heteroatoms. The number of rotatable bonds is 17. The molecule has 0 unspecified atom stereocenters. The van der Waals surface area contributed by atoms with E-state index in [0.29, 0.717) is 4.32 Å². The molecule has 0 aromatic rings. The summed E-state index contributed by atoms with van der Waals surface area (Å²) in [6.45, 7) is 2.78. The van der Waals surface area contributed by atoms with E-state index in [9.17, 15) is 9.59 Å². The molecule has 0 amide bonds. The predicted molar refractivity (Wildman–Crippen MR) is 113 cm³/mol. The minimum atomic E-state index is -0.896. The summed E-state index contributed by atoms with van der Waals surface area (Å²) in [5.41, 5.74) is 0. The van der Waals surface area contributed by atoms with Gasteiger partial charge in [0.2, 0.25) is 0 Å². The van der Waals surface area contributed by atoms with Gasteiger partial charge >= 0.3 is 11.9 Å². The van der Waals surface area contributed by atoms with Gasteiger partial charge in [-0.1, -0.05) is 88.7 Å². The first-order valence-electron chi connectivity index (χ1n) is 9.82. The van der Waals surface area contributed by atoms with Gasteiger partial charge in [-0.3, -0.25) is 9.59 Å². The largest absolute Gasteiger partial charge is 0.481 e. The third kappa shape index (κ3) is 16.6. The average molecular weight is 406 g/mol. The van der Waals surface area contributed by atoms with E-state index in [1.165, 1.54) is 69.5 Å². The van der Waals surface area contributed by atoms with E-state index in [1.54, 1.807) is 4.90 Å². The van der Waals surface area contributed by atoms with Crippen LogP contribution in [0.3, 0.4) is 0 Å². The van der Waals surface area contributed by atoms with E-state index in [-0.39, 0.29) is 25.9 Å². The number of carboxylic acid groups (broad SMARTS) is 2. The number of nitrogens with zero attached hydrogens (tertiary/aromatic N) is 1. The smallest absolute Gasteiger partial charge is 0.305 e. The molecule has 0 radical (unpaired) electrons. The molecule has 0 fully saturated rings. The van der Waals surface area contributed by atoms with Crippen LogP contribution in [0.2, 0.25) is 0 Å². The minimum Gasteiger partial charge on any atom is -0.481 e. The number of aliphatic carboxylic acids is 2. The predicted octanol–water partition coefficient (Wildman–Crippen LogP) is 5.18. The average Bonchev–Trinajstić information content (AvgIpc) is 2.59.